The molecular weight excluding hydrogens is 545 g/mol. The summed E-state index contributed by atoms with van der Waals surface area (Å²) in [5.74, 6) is -0.412. The summed E-state index contributed by atoms with van der Waals surface area (Å²) in [5.41, 5.74) is 4.56. The summed E-state index contributed by atoms with van der Waals surface area (Å²) < 4.78 is 14.0. The van der Waals surface area contributed by atoms with Gasteiger partial charge in [-0.3, -0.25) is 14.6 Å². The number of carbonyl (C=O) groups excluding carboxylic acids is 2. The van der Waals surface area contributed by atoms with Crippen LogP contribution >= 0.6 is 23.5 Å². The fourth-order valence-electron chi connectivity index (χ4n) is 3.95. The van der Waals surface area contributed by atoms with Crippen molar-refractivity contribution in [1.82, 2.24) is 15.3 Å². The number of hydrogen-bond acceptors (Lipinski definition) is 7. The molecule has 4 aromatic rings. The summed E-state index contributed by atoms with van der Waals surface area (Å²) >= 11 is 3.19. The number of hydrogen-bond donors (Lipinski definition) is 2. The lowest BCUT2D eigenvalue weighted by Crippen LogP contribution is -2.33. The number of halogens is 1. The van der Waals surface area contributed by atoms with Gasteiger partial charge < -0.3 is 10.2 Å². The summed E-state index contributed by atoms with van der Waals surface area (Å²) in [6, 6.07) is 21.5. The van der Waals surface area contributed by atoms with E-state index in [1.54, 1.807) is 49.9 Å². The molecule has 0 fully saturated rings. The van der Waals surface area contributed by atoms with Gasteiger partial charge in [0.1, 0.15) is 5.82 Å². The standard InChI is InChI=1S/C30H30FN5O2S2/c1-36(2)28(37)16-22(19-40-23-10-5-4-6-11-23)34-29-24-14-13-21(31)15-26(24)32-18-25(29)30(38)35-33-17-20-9-7-8-12-27(20)39-3/h4-15,17-18,22H,16,19H2,1-3H3,(H,32,34)(H,35,38)/b33-17+. The molecule has 206 valence electrons. The van der Waals surface area contributed by atoms with Gasteiger partial charge in [0.25, 0.3) is 5.91 Å². The Morgan fingerprint density at radius 1 is 1.07 bits per heavy atom. The fraction of sp³-hybridized carbons (Fsp3) is 0.200. The van der Waals surface area contributed by atoms with Gasteiger partial charge in [0.05, 0.1) is 23.0 Å². The molecule has 0 saturated carbocycles. The van der Waals surface area contributed by atoms with Gasteiger partial charge in [-0.1, -0.05) is 36.4 Å². The van der Waals surface area contributed by atoms with Crippen LogP contribution in [-0.2, 0) is 4.79 Å². The third kappa shape index (κ3) is 7.61. The molecule has 0 saturated heterocycles. The van der Waals surface area contributed by atoms with Gasteiger partial charge in [0.2, 0.25) is 5.91 Å². The molecule has 0 aliphatic carbocycles. The lowest BCUT2D eigenvalue weighted by Gasteiger charge is -2.23. The quantitative estimate of drug-likeness (QED) is 0.131. The monoisotopic (exact) mass is 575 g/mol. The molecule has 1 unspecified atom stereocenters. The molecule has 40 heavy (non-hydrogen) atoms. The number of rotatable bonds is 11. The second kappa shape index (κ2) is 14.0. The lowest BCUT2D eigenvalue weighted by molar-refractivity contribution is -0.128. The summed E-state index contributed by atoms with van der Waals surface area (Å²) in [7, 11) is 3.42. The number of aromatic nitrogens is 1. The van der Waals surface area contributed by atoms with Crippen LogP contribution in [0.25, 0.3) is 10.9 Å². The van der Waals surface area contributed by atoms with Crippen molar-refractivity contribution in [1.29, 1.82) is 0 Å². The van der Waals surface area contributed by atoms with Crippen molar-refractivity contribution in [3.05, 3.63) is 95.9 Å². The summed E-state index contributed by atoms with van der Waals surface area (Å²) in [4.78, 5) is 34.0. The van der Waals surface area contributed by atoms with Crippen LogP contribution in [0.3, 0.4) is 0 Å². The highest BCUT2D eigenvalue weighted by molar-refractivity contribution is 7.99. The highest BCUT2D eigenvalue weighted by Gasteiger charge is 2.22. The number of carbonyl (C=O) groups is 2. The largest absolute Gasteiger partial charge is 0.380 e. The Hall–Kier alpha value is -3.89. The molecule has 0 spiro atoms. The zero-order valence-electron chi connectivity index (χ0n) is 22.4. The van der Waals surface area contributed by atoms with Crippen LogP contribution in [0.2, 0.25) is 0 Å². The second-order valence-electron chi connectivity index (χ2n) is 9.11. The zero-order valence-corrected chi connectivity index (χ0v) is 24.1. The molecule has 0 aliphatic heterocycles. The van der Waals surface area contributed by atoms with Crippen molar-refractivity contribution in [2.45, 2.75) is 22.3 Å². The number of pyridine rings is 1. The van der Waals surface area contributed by atoms with Crippen LogP contribution in [0, 0.1) is 5.82 Å². The van der Waals surface area contributed by atoms with Gasteiger partial charge in [-0.15, -0.1) is 23.5 Å². The predicted octanol–water partition coefficient (Wildman–Crippen LogP) is 5.91. The topological polar surface area (TPSA) is 86.7 Å². The molecule has 3 aromatic carbocycles. The van der Waals surface area contributed by atoms with Gasteiger partial charge in [0, 0.05) is 65.3 Å². The number of nitrogens with one attached hydrogen (secondary N) is 2. The van der Waals surface area contributed by atoms with E-state index in [-0.39, 0.29) is 23.9 Å². The molecule has 1 atom stereocenters. The number of thioether (sulfide) groups is 2. The Kier molecular flexibility index (Phi) is 10.2. The van der Waals surface area contributed by atoms with E-state index in [1.165, 1.54) is 23.2 Å². The van der Waals surface area contributed by atoms with E-state index < -0.39 is 11.7 Å². The third-order valence-electron chi connectivity index (χ3n) is 6.05. The van der Waals surface area contributed by atoms with Crippen LogP contribution in [0.5, 0.6) is 0 Å². The number of hydrazone groups is 1. The summed E-state index contributed by atoms with van der Waals surface area (Å²) in [6.45, 7) is 0. The van der Waals surface area contributed by atoms with Crippen molar-refractivity contribution in [2.24, 2.45) is 5.10 Å². The average Bonchev–Trinajstić information content (AvgIpc) is 2.96. The molecule has 0 bridgehead atoms. The molecule has 4 rings (SSSR count). The van der Waals surface area contributed by atoms with Gasteiger partial charge in [-0.05, 0) is 36.6 Å². The second-order valence-corrected chi connectivity index (χ2v) is 11.0. The summed E-state index contributed by atoms with van der Waals surface area (Å²) in [5, 5.41) is 8.16. The molecule has 1 heterocycles. The van der Waals surface area contributed by atoms with Crippen molar-refractivity contribution in [2.75, 3.05) is 31.4 Å². The number of anilines is 1. The molecule has 10 heteroatoms. The Balaban J connectivity index is 1.65. The van der Waals surface area contributed by atoms with E-state index in [1.807, 2.05) is 60.9 Å². The fourth-order valence-corrected chi connectivity index (χ4v) is 5.47. The Bertz CT molecular complexity index is 1520. The first kappa shape index (κ1) is 29.1. The SMILES string of the molecule is CSc1ccccc1/C=N/NC(=O)c1cnc2cc(F)ccc2c1NC(CSc1ccccc1)CC(=O)N(C)C. The molecular formula is C30H30FN5O2S2. The molecule has 1 aromatic heterocycles. The maximum atomic E-state index is 14.0. The van der Waals surface area contributed by atoms with Crippen LogP contribution in [-0.4, -0.2) is 60.1 Å². The minimum absolute atomic E-state index is 0.0568. The zero-order chi connectivity index (χ0) is 28.5. The van der Waals surface area contributed by atoms with Crippen molar-refractivity contribution in [3.8, 4) is 0 Å². The maximum absolute atomic E-state index is 14.0. The third-order valence-corrected chi connectivity index (χ3v) is 8.03. The van der Waals surface area contributed by atoms with E-state index in [4.69, 9.17) is 0 Å². The number of fused-ring (bicyclic) bond motifs is 1. The van der Waals surface area contributed by atoms with Crippen LogP contribution in [0.1, 0.15) is 22.3 Å². The van der Waals surface area contributed by atoms with E-state index in [9.17, 15) is 14.0 Å². The smallest absolute Gasteiger partial charge is 0.275 e. The molecule has 2 amide bonds. The van der Waals surface area contributed by atoms with Crippen molar-refractivity contribution >= 4 is 58.1 Å². The minimum atomic E-state index is -0.479. The number of nitrogens with zero attached hydrogens (tertiary/aromatic N) is 3. The minimum Gasteiger partial charge on any atom is -0.380 e. The predicted molar refractivity (Wildman–Crippen MR) is 163 cm³/mol. The highest BCUT2D eigenvalue weighted by Crippen LogP contribution is 2.29. The van der Waals surface area contributed by atoms with Gasteiger partial charge in [0.15, 0.2) is 0 Å². The van der Waals surface area contributed by atoms with Crippen LogP contribution < -0.4 is 10.7 Å². The van der Waals surface area contributed by atoms with Gasteiger partial charge >= 0.3 is 0 Å². The Morgan fingerprint density at radius 2 is 1.82 bits per heavy atom. The van der Waals surface area contributed by atoms with Gasteiger partial charge in [-0.2, -0.15) is 5.10 Å². The van der Waals surface area contributed by atoms with E-state index in [2.05, 4.69) is 20.8 Å². The van der Waals surface area contributed by atoms with E-state index in [0.717, 1.165) is 15.4 Å². The van der Waals surface area contributed by atoms with E-state index >= 15 is 0 Å². The molecule has 2 N–H and O–H groups in total. The van der Waals surface area contributed by atoms with Crippen molar-refractivity contribution in [3.63, 3.8) is 0 Å². The first-order chi connectivity index (χ1) is 19.4. The average molecular weight is 576 g/mol. The number of amides is 2. The maximum Gasteiger partial charge on any atom is 0.275 e. The highest BCUT2D eigenvalue weighted by atomic mass is 32.2. The van der Waals surface area contributed by atoms with E-state index in [0.29, 0.717) is 22.3 Å². The molecule has 7 nitrogen and oxygen atoms in total. The first-order valence-corrected chi connectivity index (χ1v) is 14.8. The summed E-state index contributed by atoms with van der Waals surface area (Å²) in [6.07, 6.45) is 5.17. The number of benzene rings is 3. The Morgan fingerprint density at radius 3 is 2.58 bits per heavy atom. The normalized spacial score (nSPS) is 11.9. The van der Waals surface area contributed by atoms with Crippen molar-refractivity contribution < 1.29 is 14.0 Å². The Labute approximate surface area is 241 Å². The lowest BCUT2D eigenvalue weighted by atomic mass is 10.1. The first-order valence-electron chi connectivity index (χ1n) is 12.5. The van der Waals surface area contributed by atoms with Crippen LogP contribution in [0.4, 0.5) is 10.1 Å². The van der Waals surface area contributed by atoms with Gasteiger partial charge in [-0.25, -0.2) is 9.82 Å². The molecule has 0 aliphatic rings. The molecule has 0 radical (unpaired) electrons. The van der Waals surface area contributed by atoms with Crippen LogP contribution in [0.15, 0.2) is 93.9 Å².